The molecule has 1 atom stereocenters. The van der Waals surface area contributed by atoms with E-state index in [1.165, 1.54) is 43.4 Å². The SMILES string of the molecule is CCC(NCC1(CC)CC1)c1ccc(C)cc1. The van der Waals surface area contributed by atoms with Crippen LogP contribution in [0.25, 0.3) is 0 Å². The molecule has 1 saturated carbocycles. The minimum Gasteiger partial charge on any atom is -0.309 e. The van der Waals surface area contributed by atoms with Gasteiger partial charge in [0.1, 0.15) is 0 Å². The second kappa shape index (κ2) is 5.22. The quantitative estimate of drug-likeness (QED) is 0.772. The summed E-state index contributed by atoms with van der Waals surface area (Å²) < 4.78 is 0. The number of hydrogen-bond acceptors (Lipinski definition) is 1. The molecule has 0 heterocycles. The van der Waals surface area contributed by atoms with Gasteiger partial charge < -0.3 is 5.32 Å². The van der Waals surface area contributed by atoms with Gasteiger partial charge in [-0.2, -0.15) is 0 Å². The van der Waals surface area contributed by atoms with E-state index in [0.29, 0.717) is 11.5 Å². The lowest BCUT2D eigenvalue weighted by Gasteiger charge is -2.21. The smallest absolute Gasteiger partial charge is 0.0317 e. The molecular formula is C16H25N. The molecule has 1 heteroatoms. The second-order valence-electron chi connectivity index (χ2n) is 5.61. The fourth-order valence-electron chi connectivity index (χ4n) is 2.47. The Balaban J connectivity index is 1.94. The molecule has 17 heavy (non-hydrogen) atoms. The van der Waals surface area contributed by atoms with Crippen LogP contribution in [0.4, 0.5) is 0 Å². The third kappa shape index (κ3) is 3.10. The molecule has 1 unspecified atom stereocenters. The van der Waals surface area contributed by atoms with Crippen molar-refractivity contribution in [1.82, 2.24) is 5.32 Å². The molecule has 94 valence electrons. The third-order valence-corrected chi connectivity index (χ3v) is 4.32. The molecule has 1 aliphatic carbocycles. The lowest BCUT2D eigenvalue weighted by atomic mass is 10.00. The first-order valence-electron chi connectivity index (χ1n) is 6.99. The van der Waals surface area contributed by atoms with Crippen molar-refractivity contribution in [2.24, 2.45) is 5.41 Å². The predicted molar refractivity (Wildman–Crippen MR) is 74.2 cm³/mol. The van der Waals surface area contributed by atoms with Gasteiger partial charge in [0.2, 0.25) is 0 Å². The molecule has 0 saturated heterocycles. The Labute approximate surface area is 106 Å². The normalized spacial score (nSPS) is 19.0. The van der Waals surface area contributed by atoms with Crippen LogP contribution in [0.2, 0.25) is 0 Å². The molecule has 0 spiro atoms. The van der Waals surface area contributed by atoms with Gasteiger partial charge in [0.15, 0.2) is 0 Å². The average molecular weight is 231 g/mol. The molecule has 1 nitrogen and oxygen atoms in total. The number of rotatable bonds is 6. The van der Waals surface area contributed by atoms with Crippen molar-refractivity contribution in [2.45, 2.75) is 52.5 Å². The van der Waals surface area contributed by atoms with Crippen molar-refractivity contribution in [2.75, 3.05) is 6.54 Å². The summed E-state index contributed by atoms with van der Waals surface area (Å²) in [6, 6.07) is 9.49. The monoisotopic (exact) mass is 231 g/mol. The standard InChI is InChI=1S/C16H25N/c1-4-15(14-8-6-13(3)7-9-14)17-12-16(5-2)10-11-16/h6-9,15,17H,4-5,10-12H2,1-3H3. The highest BCUT2D eigenvalue weighted by atomic mass is 14.9. The fraction of sp³-hybridized carbons (Fsp3) is 0.625. The van der Waals surface area contributed by atoms with Gasteiger partial charge in [-0.3, -0.25) is 0 Å². The fourth-order valence-corrected chi connectivity index (χ4v) is 2.47. The molecule has 0 aliphatic heterocycles. The average Bonchev–Trinajstić information content (AvgIpc) is 3.13. The van der Waals surface area contributed by atoms with E-state index in [-0.39, 0.29) is 0 Å². The summed E-state index contributed by atoms with van der Waals surface area (Å²) in [6.45, 7) is 7.93. The van der Waals surface area contributed by atoms with Gasteiger partial charge in [-0.25, -0.2) is 0 Å². The van der Waals surface area contributed by atoms with E-state index in [1.807, 2.05) is 0 Å². The molecule has 1 aromatic carbocycles. The molecule has 2 rings (SSSR count). The van der Waals surface area contributed by atoms with Crippen LogP contribution in [0, 0.1) is 12.3 Å². The summed E-state index contributed by atoms with van der Waals surface area (Å²) >= 11 is 0. The maximum atomic E-state index is 3.76. The first-order chi connectivity index (χ1) is 8.19. The molecule has 1 N–H and O–H groups in total. The number of aryl methyl sites for hydroxylation is 1. The second-order valence-corrected chi connectivity index (χ2v) is 5.61. The molecule has 0 bridgehead atoms. The topological polar surface area (TPSA) is 12.0 Å². The summed E-state index contributed by atoms with van der Waals surface area (Å²) in [5.41, 5.74) is 3.42. The van der Waals surface area contributed by atoms with Crippen LogP contribution in [-0.4, -0.2) is 6.54 Å². The highest BCUT2D eigenvalue weighted by Crippen LogP contribution is 2.48. The first kappa shape index (κ1) is 12.6. The predicted octanol–water partition coefficient (Wildman–Crippen LogP) is 4.23. The zero-order valence-corrected chi connectivity index (χ0v) is 11.4. The number of benzene rings is 1. The summed E-state index contributed by atoms with van der Waals surface area (Å²) in [5.74, 6) is 0. The third-order valence-electron chi connectivity index (χ3n) is 4.32. The summed E-state index contributed by atoms with van der Waals surface area (Å²) in [7, 11) is 0. The minimum absolute atomic E-state index is 0.527. The van der Waals surface area contributed by atoms with Crippen molar-refractivity contribution in [3.63, 3.8) is 0 Å². The maximum absolute atomic E-state index is 3.76. The van der Waals surface area contributed by atoms with E-state index in [4.69, 9.17) is 0 Å². The Kier molecular flexibility index (Phi) is 3.88. The van der Waals surface area contributed by atoms with Gasteiger partial charge in [-0.05, 0) is 43.6 Å². The van der Waals surface area contributed by atoms with Gasteiger partial charge in [-0.1, -0.05) is 43.7 Å². The van der Waals surface area contributed by atoms with E-state index >= 15 is 0 Å². The van der Waals surface area contributed by atoms with Crippen LogP contribution >= 0.6 is 0 Å². The summed E-state index contributed by atoms with van der Waals surface area (Å²) in [5, 5.41) is 3.76. The summed E-state index contributed by atoms with van der Waals surface area (Å²) in [6.07, 6.45) is 5.33. The molecule has 0 radical (unpaired) electrons. The minimum atomic E-state index is 0.527. The highest BCUT2D eigenvalue weighted by Gasteiger charge is 2.40. The zero-order valence-electron chi connectivity index (χ0n) is 11.4. The summed E-state index contributed by atoms with van der Waals surface area (Å²) in [4.78, 5) is 0. The van der Waals surface area contributed by atoms with Crippen LogP contribution in [0.3, 0.4) is 0 Å². The highest BCUT2D eigenvalue weighted by molar-refractivity contribution is 5.24. The zero-order chi connectivity index (χ0) is 12.3. The van der Waals surface area contributed by atoms with Crippen molar-refractivity contribution < 1.29 is 0 Å². The van der Waals surface area contributed by atoms with Crippen LogP contribution < -0.4 is 5.32 Å². The van der Waals surface area contributed by atoms with E-state index in [2.05, 4.69) is 50.4 Å². The molecule has 1 aliphatic rings. The van der Waals surface area contributed by atoms with Crippen LogP contribution in [0.15, 0.2) is 24.3 Å². The van der Waals surface area contributed by atoms with Crippen molar-refractivity contribution in [3.05, 3.63) is 35.4 Å². The first-order valence-corrected chi connectivity index (χ1v) is 6.99. The van der Waals surface area contributed by atoms with Gasteiger partial charge in [-0.15, -0.1) is 0 Å². The Morgan fingerprint density at radius 3 is 2.29 bits per heavy atom. The molecule has 1 fully saturated rings. The Bertz CT molecular complexity index is 348. The van der Waals surface area contributed by atoms with Gasteiger partial charge in [0.25, 0.3) is 0 Å². The van der Waals surface area contributed by atoms with Crippen LogP contribution in [0.5, 0.6) is 0 Å². The van der Waals surface area contributed by atoms with E-state index in [1.54, 1.807) is 0 Å². The van der Waals surface area contributed by atoms with Crippen LogP contribution in [0.1, 0.15) is 56.7 Å². The van der Waals surface area contributed by atoms with Crippen LogP contribution in [-0.2, 0) is 0 Å². The maximum Gasteiger partial charge on any atom is 0.0317 e. The van der Waals surface area contributed by atoms with Gasteiger partial charge >= 0.3 is 0 Å². The van der Waals surface area contributed by atoms with Crippen molar-refractivity contribution in [1.29, 1.82) is 0 Å². The Hall–Kier alpha value is -0.820. The van der Waals surface area contributed by atoms with Gasteiger partial charge in [0, 0.05) is 12.6 Å². The molecule has 0 aromatic heterocycles. The Morgan fingerprint density at radius 2 is 1.82 bits per heavy atom. The van der Waals surface area contributed by atoms with Crippen molar-refractivity contribution >= 4 is 0 Å². The van der Waals surface area contributed by atoms with E-state index < -0.39 is 0 Å². The van der Waals surface area contributed by atoms with E-state index in [0.717, 1.165) is 0 Å². The Morgan fingerprint density at radius 1 is 1.18 bits per heavy atom. The molecular weight excluding hydrogens is 206 g/mol. The lowest BCUT2D eigenvalue weighted by molar-refractivity contribution is 0.399. The number of hydrogen-bond donors (Lipinski definition) is 1. The molecule has 0 amide bonds. The number of nitrogens with one attached hydrogen (secondary N) is 1. The van der Waals surface area contributed by atoms with Crippen molar-refractivity contribution in [3.8, 4) is 0 Å². The molecule has 1 aromatic rings. The van der Waals surface area contributed by atoms with Gasteiger partial charge in [0.05, 0.1) is 0 Å². The largest absolute Gasteiger partial charge is 0.309 e. The van der Waals surface area contributed by atoms with E-state index in [9.17, 15) is 0 Å². The lowest BCUT2D eigenvalue weighted by Crippen LogP contribution is -2.27.